The van der Waals surface area contributed by atoms with E-state index in [1.165, 1.54) is 0 Å². The molecular formula is C4H12NO2PS2. The Bertz CT molecular complexity index is 113. The van der Waals surface area contributed by atoms with Crippen molar-refractivity contribution in [3.8, 4) is 0 Å². The summed E-state index contributed by atoms with van der Waals surface area (Å²) in [4.78, 5) is 0. The van der Waals surface area contributed by atoms with E-state index >= 15 is 0 Å². The number of hydrogen-bond donors (Lipinski definition) is 3. The van der Waals surface area contributed by atoms with E-state index in [1.807, 2.05) is 0 Å². The van der Waals surface area contributed by atoms with E-state index in [0.717, 1.165) is 0 Å². The predicted octanol–water partition coefficient (Wildman–Crippen LogP) is 0.878. The molecule has 0 spiro atoms. The Balaban J connectivity index is 3.50. The van der Waals surface area contributed by atoms with Crippen molar-refractivity contribution in [3.05, 3.63) is 0 Å². The highest BCUT2D eigenvalue weighted by Gasteiger charge is 2.04. The zero-order chi connectivity index (χ0) is 7.98. The van der Waals surface area contributed by atoms with Crippen molar-refractivity contribution < 1.29 is 9.67 Å². The van der Waals surface area contributed by atoms with Gasteiger partial charge in [0.05, 0.1) is 0 Å². The standard InChI is InChI=1S/C4H12NO2PS2/c6-3-1-2-5(4-9)8(7)10/h6,8-9H,1-4H2,(H,7,10). The molecule has 0 rings (SSSR count). The van der Waals surface area contributed by atoms with Crippen LogP contribution in [-0.4, -0.2) is 28.8 Å². The molecule has 1 unspecified atom stereocenters. The average Bonchev–Trinajstić information content (AvgIpc) is 1.89. The van der Waals surface area contributed by atoms with Gasteiger partial charge in [0.2, 0.25) is 0 Å². The Morgan fingerprint density at radius 2 is 2.20 bits per heavy atom. The molecule has 0 aliphatic rings. The summed E-state index contributed by atoms with van der Waals surface area (Å²) < 4.78 is 12.3. The Labute approximate surface area is 72.2 Å². The molecule has 1 atom stereocenters. The third-order valence-electron chi connectivity index (χ3n) is 1.03. The summed E-state index contributed by atoms with van der Waals surface area (Å²) in [5, 5.41) is 8.43. The zero-order valence-electron chi connectivity index (χ0n) is 5.53. The van der Waals surface area contributed by atoms with Crippen LogP contribution in [0.5, 0.6) is 0 Å². The maximum atomic E-state index is 10.7. The highest BCUT2D eigenvalue weighted by molar-refractivity contribution is 8.39. The van der Waals surface area contributed by atoms with E-state index in [0.29, 0.717) is 18.8 Å². The smallest absolute Gasteiger partial charge is 0.189 e. The van der Waals surface area contributed by atoms with Gasteiger partial charge in [-0.3, -0.25) is 4.57 Å². The van der Waals surface area contributed by atoms with Gasteiger partial charge in [-0.15, -0.1) is 12.2 Å². The van der Waals surface area contributed by atoms with Gasteiger partial charge in [-0.2, -0.15) is 12.6 Å². The van der Waals surface area contributed by atoms with E-state index in [4.69, 9.17) is 5.11 Å². The Kier molecular flexibility index (Phi) is 7.11. The van der Waals surface area contributed by atoms with Crippen LogP contribution in [0.4, 0.5) is 0 Å². The Hall–Kier alpha value is 0.850. The second-order valence-electron chi connectivity index (χ2n) is 1.76. The summed E-state index contributed by atoms with van der Waals surface area (Å²) in [7, 11) is -1.91. The van der Waals surface area contributed by atoms with Crippen LogP contribution in [0.2, 0.25) is 0 Å². The second kappa shape index (κ2) is 6.55. The first-order valence-corrected chi connectivity index (χ1v) is 6.19. The number of aliphatic hydroxyl groups excluding tert-OH is 1. The van der Waals surface area contributed by atoms with Gasteiger partial charge in [0.15, 0.2) is 7.15 Å². The van der Waals surface area contributed by atoms with Crippen LogP contribution in [0.3, 0.4) is 0 Å². The molecule has 0 saturated heterocycles. The molecule has 0 aromatic heterocycles. The van der Waals surface area contributed by atoms with Crippen molar-refractivity contribution in [3.63, 3.8) is 0 Å². The fraction of sp³-hybridized carbons (Fsp3) is 1.00. The van der Waals surface area contributed by atoms with E-state index in [1.54, 1.807) is 4.67 Å². The SMILES string of the molecule is O=[PH](S)N(CS)CCCO. The molecule has 3 nitrogen and oxygen atoms in total. The quantitative estimate of drug-likeness (QED) is 0.351. The fourth-order valence-electron chi connectivity index (χ4n) is 0.488. The van der Waals surface area contributed by atoms with Crippen molar-refractivity contribution in [2.24, 2.45) is 0 Å². The summed E-state index contributed by atoms with van der Waals surface area (Å²) >= 11 is 7.74. The van der Waals surface area contributed by atoms with Crippen molar-refractivity contribution in [1.82, 2.24) is 4.67 Å². The largest absolute Gasteiger partial charge is 0.396 e. The van der Waals surface area contributed by atoms with Crippen molar-refractivity contribution in [2.75, 3.05) is 19.0 Å². The maximum absolute atomic E-state index is 10.7. The Morgan fingerprint density at radius 3 is 2.50 bits per heavy atom. The first-order chi connectivity index (χ1) is 4.72. The van der Waals surface area contributed by atoms with Crippen molar-refractivity contribution in [1.29, 1.82) is 0 Å². The first kappa shape index (κ1) is 10.8. The summed E-state index contributed by atoms with van der Waals surface area (Å²) in [6, 6.07) is 0. The van der Waals surface area contributed by atoms with Crippen molar-refractivity contribution >= 4 is 32.0 Å². The molecule has 0 aliphatic heterocycles. The lowest BCUT2D eigenvalue weighted by molar-refractivity contribution is 0.276. The van der Waals surface area contributed by atoms with Gasteiger partial charge in [-0.1, -0.05) is 0 Å². The molecular weight excluding hydrogens is 189 g/mol. The molecule has 1 N–H and O–H groups in total. The maximum Gasteiger partial charge on any atom is 0.189 e. The van der Waals surface area contributed by atoms with Gasteiger partial charge in [0.1, 0.15) is 0 Å². The van der Waals surface area contributed by atoms with Crippen LogP contribution in [0, 0.1) is 0 Å². The van der Waals surface area contributed by atoms with Crippen LogP contribution >= 0.6 is 32.0 Å². The monoisotopic (exact) mass is 201 g/mol. The summed E-state index contributed by atoms with van der Waals surface area (Å²) in [5.41, 5.74) is 0. The minimum atomic E-state index is -1.91. The molecule has 0 fully saturated rings. The highest BCUT2D eigenvalue weighted by atomic mass is 32.7. The minimum Gasteiger partial charge on any atom is -0.396 e. The molecule has 0 bridgehead atoms. The zero-order valence-corrected chi connectivity index (χ0v) is 8.31. The molecule has 10 heavy (non-hydrogen) atoms. The van der Waals surface area contributed by atoms with Gasteiger partial charge >= 0.3 is 0 Å². The molecule has 0 aromatic carbocycles. The van der Waals surface area contributed by atoms with Crippen LogP contribution in [0.1, 0.15) is 6.42 Å². The summed E-state index contributed by atoms with van der Waals surface area (Å²) in [6.07, 6.45) is 0.623. The molecule has 0 amide bonds. The third-order valence-corrected chi connectivity index (χ3v) is 3.41. The fourth-order valence-corrected chi connectivity index (χ4v) is 2.33. The number of nitrogens with zero attached hydrogens (tertiary/aromatic N) is 1. The van der Waals surface area contributed by atoms with Crippen LogP contribution < -0.4 is 0 Å². The van der Waals surface area contributed by atoms with Crippen LogP contribution in [0.25, 0.3) is 0 Å². The summed E-state index contributed by atoms with van der Waals surface area (Å²) in [5.74, 6) is 0.432. The van der Waals surface area contributed by atoms with Crippen LogP contribution in [-0.2, 0) is 4.57 Å². The van der Waals surface area contributed by atoms with Gasteiger partial charge in [0.25, 0.3) is 0 Å². The Morgan fingerprint density at radius 1 is 1.60 bits per heavy atom. The van der Waals surface area contributed by atoms with Gasteiger partial charge in [-0.05, 0) is 6.42 Å². The lowest BCUT2D eigenvalue weighted by Crippen LogP contribution is -2.14. The lowest BCUT2D eigenvalue weighted by Gasteiger charge is -2.14. The molecule has 0 radical (unpaired) electrons. The van der Waals surface area contributed by atoms with Gasteiger partial charge in [0, 0.05) is 19.0 Å². The van der Waals surface area contributed by atoms with E-state index < -0.39 is 7.15 Å². The third kappa shape index (κ3) is 4.63. The number of aliphatic hydroxyl groups is 1. The minimum absolute atomic E-state index is 0.118. The highest BCUT2D eigenvalue weighted by Crippen LogP contribution is 2.31. The summed E-state index contributed by atoms with van der Waals surface area (Å²) in [6.45, 7) is 0.717. The number of rotatable bonds is 5. The number of thiol groups is 2. The van der Waals surface area contributed by atoms with Gasteiger partial charge in [-0.25, -0.2) is 4.67 Å². The van der Waals surface area contributed by atoms with Crippen molar-refractivity contribution in [2.45, 2.75) is 6.42 Å². The normalized spacial score (nSPS) is 14.0. The molecule has 62 valence electrons. The molecule has 0 heterocycles. The van der Waals surface area contributed by atoms with E-state index in [2.05, 4.69) is 24.9 Å². The second-order valence-corrected chi connectivity index (χ2v) is 4.39. The predicted molar refractivity (Wildman–Crippen MR) is 50.2 cm³/mol. The molecule has 0 aliphatic carbocycles. The number of hydrogen-bond acceptors (Lipinski definition) is 3. The lowest BCUT2D eigenvalue weighted by atomic mass is 10.5. The van der Waals surface area contributed by atoms with E-state index in [-0.39, 0.29) is 6.61 Å². The first-order valence-electron chi connectivity index (χ1n) is 2.92. The average molecular weight is 201 g/mol. The van der Waals surface area contributed by atoms with Gasteiger partial charge < -0.3 is 5.11 Å². The van der Waals surface area contributed by atoms with E-state index in [9.17, 15) is 4.57 Å². The van der Waals surface area contributed by atoms with Crippen LogP contribution in [0.15, 0.2) is 0 Å². The molecule has 6 heteroatoms. The topological polar surface area (TPSA) is 40.5 Å². The molecule has 0 saturated carbocycles. The molecule has 0 aromatic rings.